The van der Waals surface area contributed by atoms with E-state index in [0.717, 1.165) is 6.92 Å². The third kappa shape index (κ3) is 3.29. The average Bonchev–Trinajstić information content (AvgIpc) is 2.37. The van der Waals surface area contributed by atoms with E-state index in [0.29, 0.717) is 4.31 Å². The summed E-state index contributed by atoms with van der Waals surface area (Å²) in [5.41, 5.74) is -0.862. The highest BCUT2D eigenvalue weighted by Gasteiger charge is 2.47. The molecule has 0 aromatic heterocycles. The maximum atomic E-state index is 13.2. The monoisotopic (exact) mass is 269 g/mol. The molecule has 8 heteroatoms. The number of hydrogen-bond acceptors (Lipinski definition) is 5. The molecule has 0 spiro atoms. The van der Waals surface area contributed by atoms with Crippen molar-refractivity contribution < 1.29 is 26.5 Å². The lowest BCUT2D eigenvalue weighted by Gasteiger charge is -2.26. The van der Waals surface area contributed by atoms with Crippen LogP contribution in [0.4, 0.5) is 9.18 Å². The summed E-state index contributed by atoms with van der Waals surface area (Å²) in [7, 11) is -4.23. The molecule has 2 atom stereocenters. The first-order valence-corrected chi connectivity index (χ1v) is 6.47. The molecule has 1 heterocycles. The Balaban J connectivity index is 2.95. The van der Waals surface area contributed by atoms with Gasteiger partial charge in [0.15, 0.2) is 0 Å². The number of carbonyl (C=O) groups is 1. The van der Waals surface area contributed by atoms with Crippen molar-refractivity contribution in [3.05, 3.63) is 0 Å². The predicted molar refractivity (Wildman–Crippen MR) is 57.3 cm³/mol. The van der Waals surface area contributed by atoms with Gasteiger partial charge in [0, 0.05) is 0 Å². The molecule has 6 nitrogen and oxygen atoms in total. The molecule has 17 heavy (non-hydrogen) atoms. The second kappa shape index (κ2) is 4.41. The Morgan fingerprint density at radius 2 is 2.06 bits per heavy atom. The van der Waals surface area contributed by atoms with E-state index in [9.17, 15) is 17.6 Å². The van der Waals surface area contributed by atoms with Crippen LogP contribution in [-0.2, 0) is 19.2 Å². The summed E-state index contributed by atoms with van der Waals surface area (Å²) in [4.78, 5) is 11.7. The van der Waals surface area contributed by atoms with Gasteiger partial charge in [-0.1, -0.05) is 0 Å². The van der Waals surface area contributed by atoms with Gasteiger partial charge in [-0.2, -0.15) is 12.7 Å². The lowest BCUT2D eigenvalue weighted by atomic mass is 10.2. The van der Waals surface area contributed by atoms with Gasteiger partial charge in [0.25, 0.3) is 0 Å². The molecule has 0 aromatic carbocycles. The van der Waals surface area contributed by atoms with Crippen LogP contribution in [0, 0.1) is 0 Å². The summed E-state index contributed by atoms with van der Waals surface area (Å²) >= 11 is 0. The zero-order valence-electron chi connectivity index (χ0n) is 10.1. The van der Waals surface area contributed by atoms with E-state index in [1.165, 1.54) is 0 Å². The Bertz CT molecular complexity index is 400. The van der Waals surface area contributed by atoms with Crippen molar-refractivity contribution in [2.24, 2.45) is 0 Å². The minimum atomic E-state index is -4.23. The quantitative estimate of drug-likeness (QED) is 0.715. The third-order valence-corrected chi connectivity index (χ3v) is 3.37. The topological polar surface area (TPSA) is 72.9 Å². The van der Waals surface area contributed by atoms with E-state index in [1.54, 1.807) is 20.8 Å². The molecule has 1 rings (SSSR count). The number of alkyl halides is 1. The fraction of sp³-hybridized carbons (Fsp3) is 0.889. The van der Waals surface area contributed by atoms with Crippen molar-refractivity contribution >= 4 is 16.4 Å². The van der Waals surface area contributed by atoms with E-state index in [1.807, 2.05) is 0 Å². The Labute approximate surface area is 99.9 Å². The van der Waals surface area contributed by atoms with Gasteiger partial charge in [-0.15, -0.1) is 0 Å². The Hall–Kier alpha value is -0.890. The fourth-order valence-corrected chi connectivity index (χ4v) is 2.50. The number of carbonyl (C=O) groups excluding carboxylic acids is 1. The number of hydrogen-bond donors (Lipinski definition) is 0. The molecule has 1 aliphatic heterocycles. The fourth-order valence-electron chi connectivity index (χ4n) is 1.30. The summed E-state index contributed by atoms with van der Waals surface area (Å²) in [6.07, 6.45) is -2.65. The Morgan fingerprint density at radius 1 is 1.53 bits per heavy atom. The van der Waals surface area contributed by atoms with Crippen LogP contribution in [0.25, 0.3) is 0 Å². The van der Waals surface area contributed by atoms with Crippen LogP contribution < -0.4 is 0 Å². The normalized spacial score (nSPS) is 25.7. The van der Waals surface area contributed by atoms with Crippen molar-refractivity contribution in [2.45, 2.75) is 45.5 Å². The number of halogens is 1. The zero-order valence-corrected chi connectivity index (χ0v) is 11.0. The lowest BCUT2D eigenvalue weighted by Crippen LogP contribution is -2.45. The van der Waals surface area contributed by atoms with Gasteiger partial charge in [-0.05, 0) is 27.7 Å². The molecular formula is C9H16FNO5S. The largest absolute Gasteiger partial charge is 0.443 e. The molecule has 1 saturated heterocycles. The third-order valence-electron chi connectivity index (χ3n) is 2.03. The van der Waals surface area contributed by atoms with Gasteiger partial charge in [-0.25, -0.2) is 9.18 Å². The highest BCUT2D eigenvalue weighted by Crippen LogP contribution is 2.25. The number of amides is 1. The minimum Gasteiger partial charge on any atom is -0.443 e. The molecule has 0 unspecified atom stereocenters. The van der Waals surface area contributed by atoms with Crippen molar-refractivity contribution in [1.29, 1.82) is 0 Å². The molecule has 0 aromatic rings. The molecule has 0 radical (unpaired) electrons. The Morgan fingerprint density at radius 3 is 2.47 bits per heavy atom. The van der Waals surface area contributed by atoms with E-state index in [4.69, 9.17) is 4.74 Å². The van der Waals surface area contributed by atoms with Crippen LogP contribution in [0.3, 0.4) is 0 Å². The van der Waals surface area contributed by atoms with E-state index in [-0.39, 0.29) is 6.61 Å². The van der Waals surface area contributed by atoms with Gasteiger partial charge in [-0.3, -0.25) is 4.18 Å². The second-order valence-electron chi connectivity index (χ2n) is 4.76. The van der Waals surface area contributed by atoms with Crippen molar-refractivity contribution in [3.63, 3.8) is 0 Å². The van der Waals surface area contributed by atoms with Crippen LogP contribution in [0.1, 0.15) is 27.7 Å². The Kier molecular flexibility index (Phi) is 3.68. The van der Waals surface area contributed by atoms with Gasteiger partial charge >= 0.3 is 16.4 Å². The summed E-state index contributed by atoms with van der Waals surface area (Å²) in [6, 6.07) is -1.17. The molecule has 0 bridgehead atoms. The van der Waals surface area contributed by atoms with Crippen LogP contribution >= 0.6 is 0 Å². The molecule has 0 N–H and O–H groups in total. The second-order valence-corrected chi connectivity index (χ2v) is 6.25. The van der Waals surface area contributed by atoms with E-state index >= 15 is 0 Å². The van der Waals surface area contributed by atoms with E-state index < -0.39 is 34.2 Å². The van der Waals surface area contributed by atoms with Crippen molar-refractivity contribution in [3.8, 4) is 0 Å². The summed E-state index contributed by atoms with van der Waals surface area (Å²) in [5.74, 6) is 0. The number of nitrogens with zero attached hydrogens (tertiary/aromatic N) is 1. The molecule has 1 fully saturated rings. The van der Waals surface area contributed by atoms with E-state index in [2.05, 4.69) is 4.18 Å². The molecule has 1 aliphatic rings. The number of ether oxygens (including phenoxy) is 1. The summed E-state index contributed by atoms with van der Waals surface area (Å²) in [6.45, 7) is 5.53. The first kappa shape index (κ1) is 14.2. The average molecular weight is 269 g/mol. The standard InChI is InChI=1S/C9H16FNO5S/c1-6(10)7-5-15-17(13,14)11(7)8(12)16-9(2,3)4/h6-7H,5H2,1-4H3/t6-,7+/m0/s1. The highest BCUT2D eigenvalue weighted by molar-refractivity contribution is 7.85. The maximum Gasteiger partial charge on any atom is 0.426 e. The van der Waals surface area contributed by atoms with Crippen LogP contribution in [0.5, 0.6) is 0 Å². The van der Waals surface area contributed by atoms with Crippen LogP contribution in [-0.4, -0.2) is 43.2 Å². The van der Waals surface area contributed by atoms with Crippen molar-refractivity contribution in [1.82, 2.24) is 4.31 Å². The molecule has 1 amide bonds. The lowest BCUT2D eigenvalue weighted by molar-refractivity contribution is 0.0308. The van der Waals surface area contributed by atoms with Crippen LogP contribution in [0.2, 0.25) is 0 Å². The zero-order chi connectivity index (χ0) is 13.4. The first-order valence-electron chi connectivity index (χ1n) is 5.10. The van der Waals surface area contributed by atoms with Gasteiger partial charge in [0.05, 0.1) is 6.61 Å². The molecule has 0 aliphatic carbocycles. The first-order chi connectivity index (χ1) is 7.54. The molecular weight excluding hydrogens is 253 g/mol. The highest BCUT2D eigenvalue weighted by atomic mass is 32.2. The summed E-state index contributed by atoms with van der Waals surface area (Å²) in [5, 5.41) is 0. The molecule has 0 saturated carbocycles. The SMILES string of the molecule is C[C@H](F)[C@H]1COS(=O)(=O)N1C(=O)OC(C)(C)C. The van der Waals surface area contributed by atoms with Crippen molar-refractivity contribution in [2.75, 3.05) is 6.61 Å². The summed E-state index contributed by atoms with van der Waals surface area (Å²) < 4.78 is 45.7. The minimum absolute atomic E-state index is 0.322. The predicted octanol–water partition coefficient (Wildman–Crippen LogP) is 1.23. The maximum absolute atomic E-state index is 13.2. The molecule has 100 valence electrons. The van der Waals surface area contributed by atoms with Gasteiger partial charge in [0.2, 0.25) is 0 Å². The van der Waals surface area contributed by atoms with Gasteiger partial charge < -0.3 is 4.74 Å². The smallest absolute Gasteiger partial charge is 0.426 e. The number of rotatable bonds is 1. The van der Waals surface area contributed by atoms with Crippen LogP contribution in [0.15, 0.2) is 0 Å². The van der Waals surface area contributed by atoms with Gasteiger partial charge in [0.1, 0.15) is 17.8 Å².